The van der Waals surface area contributed by atoms with Gasteiger partial charge in [0.15, 0.2) is 0 Å². The molecule has 4 nitrogen and oxygen atoms in total. The highest BCUT2D eigenvalue weighted by molar-refractivity contribution is 4.53. The minimum atomic E-state index is 0.985. The highest BCUT2D eigenvalue weighted by Crippen LogP contribution is 1.96. The van der Waals surface area contributed by atoms with Crippen molar-refractivity contribution in [3.63, 3.8) is 0 Å². The molecule has 0 bridgehead atoms. The van der Waals surface area contributed by atoms with E-state index in [1.807, 2.05) is 0 Å². The van der Waals surface area contributed by atoms with Crippen LogP contribution >= 0.6 is 0 Å². The molecule has 0 aromatic rings. The zero-order valence-corrected chi connectivity index (χ0v) is 11.1. The van der Waals surface area contributed by atoms with Crippen molar-refractivity contribution >= 4 is 0 Å². The van der Waals surface area contributed by atoms with E-state index in [-0.39, 0.29) is 0 Å². The molecule has 0 saturated heterocycles. The van der Waals surface area contributed by atoms with E-state index in [1.165, 1.54) is 6.42 Å². The molecule has 0 aliphatic carbocycles. The van der Waals surface area contributed by atoms with Crippen LogP contribution in [0.4, 0.5) is 0 Å². The Balaban J connectivity index is 3.91. The third-order valence-corrected chi connectivity index (χ3v) is 2.39. The molecule has 0 unspecified atom stereocenters. The Kier molecular flexibility index (Phi) is 9.00. The van der Waals surface area contributed by atoms with Crippen LogP contribution < -0.4 is 5.43 Å². The minimum Gasteiger partial charge on any atom is -0.309 e. The lowest BCUT2D eigenvalue weighted by molar-refractivity contribution is -0.0630. The van der Waals surface area contributed by atoms with Gasteiger partial charge in [-0.2, -0.15) is 5.12 Å². The number of nitrogens with one attached hydrogen (secondary N) is 1. The summed E-state index contributed by atoms with van der Waals surface area (Å²) in [4.78, 5) is 2.23. The van der Waals surface area contributed by atoms with Crippen LogP contribution in [0.2, 0.25) is 0 Å². The van der Waals surface area contributed by atoms with Gasteiger partial charge in [-0.05, 0) is 27.1 Å². The van der Waals surface area contributed by atoms with Gasteiger partial charge < -0.3 is 4.90 Å². The molecule has 4 heteroatoms. The first-order chi connectivity index (χ1) is 7.15. The number of hydrazine groups is 2. The maximum Gasteiger partial charge on any atom is 0.0302 e. The first-order valence-electron chi connectivity index (χ1n) is 6.06. The third-order valence-electron chi connectivity index (χ3n) is 2.39. The van der Waals surface area contributed by atoms with Gasteiger partial charge in [-0.15, -0.1) is 0 Å². The minimum absolute atomic E-state index is 0.985. The molecule has 0 atom stereocenters. The van der Waals surface area contributed by atoms with E-state index < -0.39 is 0 Å². The standard InChI is InChI=1S/C11H28N4/c1-6-12-15(14(7-2)8-3)11-9-10-13(4)5/h12H,6-11H2,1-5H3. The fourth-order valence-electron chi connectivity index (χ4n) is 1.60. The predicted octanol–water partition coefficient (Wildman–Crippen LogP) is 1.02. The maximum atomic E-state index is 3.40. The van der Waals surface area contributed by atoms with Gasteiger partial charge in [-0.25, -0.2) is 10.4 Å². The molecule has 0 aliphatic heterocycles. The molecule has 0 aromatic heterocycles. The first kappa shape index (κ1) is 14.8. The molecule has 0 radical (unpaired) electrons. The van der Waals surface area contributed by atoms with E-state index in [1.54, 1.807) is 0 Å². The quantitative estimate of drug-likeness (QED) is 0.581. The normalized spacial score (nSPS) is 12.0. The summed E-state index contributed by atoms with van der Waals surface area (Å²) in [6.45, 7) is 11.9. The van der Waals surface area contributed by atoms with Gasteiger partial charge in [-0.1, -0.05) is 20.8 Å². The van der Waals surface area contributed by atoms with Gasteiger partial charge in [0.05, 0.1) is 0 Å². The van der Waals surface area contributed by atoms with E-state index in [0.29, 0.717) is 0 Å². The highest BCUT2D eigenvalue weighted by Gasteiger charge is 2.10. The Morgan fingerprint density at radius 2 is 1.53 bits per heavy atom. The number of nitrogens with zero attached hydrogens (tertiary/aromatic N) is 3. The summed E-state index contributed by atoms with van der Waals surface area (Å²) < 4.78 is 0. The zero-order chi connectivity index (χ0) is 11.7. The highest BCUT2D eigenvalue weighted by atomic mass is 15.8. The molecule has 0 aliphatic rings. The lowest BCUT2D eigenvalue weighted by atomic mass is 10.4. The van der Waals surface area contributed by atoms with E-state index in [2.05, 4.69) is 55.3 Å². The lowest BCUT2D eigenvalue weighted by Gasteiger charge is -2.33. The van der Waals surface area contributed by atoms with Crippen molar-refractivity contribution < 1.29 is 0 Å². The molecule has 0 aromatic carbocycles. The molecule has 92 valence electrons. The Labute approximate surface area is 95.2 Å². The van der Waals surface area contributed by atoms with Crippen LogP contribution in [0.25, 0.3) is 0 Å². The van der Waals surface area contributed by atoms with E-state index >= 15 is 0 Å². The van der Waals surface area contributed by atoms with Gasteiger partial charge >= 0.3 is 0 Å². The second kappa shape index (κ2) is 9.09. The second-order valence-corrected chi connectivity index (χ2v) is 3.93. The molecule has 0 fully saturated rings. The van der Waals surface area contributed by atoms with E-state index in [4.69, 9.17) is 0 Å². The molecule has 15 heavy (non-hydrogen) atoms. The topological polar surface area (TPSA) is 21.8 Å². The van der Waals surface area contributed by atoms with Gasteiger partial charge in [0, 0.05) is 26.2 Å². The van der Waals surface area contributed by atoms with E-state index in [9.17, 15) is 0 Å². The molecule has 1 N–H and O–H groups in total. The van der Waals surface area contributed by atoms with Crippen molar-refractivity contribution in [2.45, 2.75) is 27.2 Å². The summed E-state index contributed by atoms with van der Waals surface area (Å²) in [7, 11) is 4.24. The van der Waals surface area contributed by atoms with Crippen molar-refractivity contribution in [1.29, 1.82) is 0 Å². The van der Waals surface area contributed by atoms with Gasteiger partial charge in [-0.3, -0.25) is 0 Å². The summed E-state index contributed by atoms with van der Waals surface area (Å²) in [6, 6.07) is 0. The Morgan fingerprint density at radius 3 is 1.93 bits per heavy atom. The number of rotatable bonds is 9. The summed E-state index contributed by atoms with van der Waals surface area (Å²) in [6.07, 6.45) is 1.19. The SMILES string of the molecule is CCNN(CCCN(C)C)N(CC)CC. The predicted molar refractivity (Wildman–Crippen MR) is 66.5 cm³/mol. The summed E-state index contributed by atoms with van der Waals surface area (Å²) in [5, 5.41) is 4.59. The molecular weight excluding hydrogens is 188 g/mol. The monoisotopic (exact) mass is 216 g/mol. The van der Waals surface area contributed by atoms with E-state index in [0.717, 1.165) is 32.7 Å². The average Bonchev–Trinajstić information content (AvgIpc) is 2.19. The van der Waals surface area contributed by atoms with Crippen LogP contribution in [0.15, 0.2) is 0 Å². The molecule has 0 saturated carbocycles. The summed E-state index contributed by atoms with van der Waals surface area (Å²) in [5.41, 5.74) is 3.40. The molecule has 0 heterocycles. The fraction of sp³-hybridized carbons (Fsp3) is 1.00. The molecule has 0 amide bonds. The Hall–Kier alpha value is -0.160. The van der Waals surface area contributed by atoms with Crippen molar-refractivity contribution in [1.82, 2.24) is 20.5 Å². The average molecular weight is 216 g/mol. The summed E-state index contributed by atoms with van der Waals surface area (Å²) >= 11 is 0. The van der Waals surface area contributed by atoms with Crippen LogP contribution in [-0.4, -0.2) is 61.8 Å². The largest absolute Gasteiger partial charge is 0.309 e. The summed E-state index contributed by atoms with van der Waals surface area (Å²) in [5.74, 6) is 0. The molecular formula is C11H28N4. The zero-order valence-electron chi connectivity index (χ0n) is 11.1. The Bertz CT molecular complexity index is 135. The smallest absolute Gasteiger partial charge is 0.0302 e. The number of hydrogen-bond acceptors (Lipinski definition) is 4. The van der Waals surface area contributed by atoms with Gasteiger partial charge in [0.1, 0.15) is 0 Å². The van der Waals surface area contributed by atoms with Crippen LogP contribution in [0.3, 0.4) is 0 Å². The van der Waals surface area contributed by atoms with Crippen molar-refractivity contribution in [3.8, 4) is 0 Å². The lowest BCUT2D eigenvalue weighted by Crippen LogP contribution is -2.51. The van der Waals surface area contributed by atoms with Crippen molar-refractivity contribution in [3.05, 3.63) is 0 Å². The fourth-order valence-corrected chi connectivity index (χ4v) is 1.60. The van der Waals surface area contributed by atoms with Crippen LogP contribution in [0, 0.1) is 0 Å². The first-order valence-corrected chi connectivity index (χ1v) is 6.06. The van der Waals surface area contributed by atoms with Gasteiger partial charge in [0.25, 0.3) is 0 Å². The molecule has 0 rings (SSSR count). The Morgan fingerprint density at radius 1 is 0.933 bits per heavy atom. The second-order valence-electron chi connectivity index (χ2n) is 3.93. The molecule has 0 spiro atoms. The van der Waals surface area contributed by atoms with Crippen molar-refractivity contribution in [2.75, 3.05) is 46.8 Å². The van der Waals surface area contributed by atoms with Crippen molar-refractivity contribution in [2.24, 2.45) is 0 Å². The van der Waals surface area contributed by atoms with Crippen LogP contribution in [0.1, 0.15) is 27.2 Å². The third kappa shape index (κ3) is 6.84. The number of hydrogen-bond donors (Lipinski definition) is 1. The van der Waals surface area contributed by atoms with Gasteiger partial charge in [0.2, 0.25) is 0 Å². The van der Waals surface area contributed by atoms with Crippen LogP contribution in [0.5, 0.6) is 0 Å². The maximum absolute atomic E-state index is 3.40. The van der Waals surface area contributed by atoms with Crippen LogP contribution in [-0.2, 0) is 0 Å².